The van der Waals surface area contributed by atoms with Gasteiger partial charge in [-0.05, 0) is 31.6 Å². The molecule has 0 aromatic heterocycles. The van der Waals surface area contributed by atoms with Gasteiger partial charge in [-0.3, -0.25) is 37.3 Å². The second-order valence-corrected chi connectivity index (χ2v) is 27.0. The number of hydrogen-bond donors (Lipinski definition) is 3. The smallest absolute Gasteiger partial charge is 0.462 e. The van der Waals surface area contributed by atoms with Gasteiger partial charge in [0.15, 0.2) is 12.2 Å². The van der Waals surface area contributed by atoms with Crippen molar-refractivity contribution in [2.75, 3.05) is 39.6 Å². The Morgan fingerprint density at radius 2 is 0.565 bits per heavy atom. The topological polar surface area (TPSA) is 237 Å². The summed E-state index contributed by atoms with van der Waals surface area (Å²) in [5.74, 6) is -1.41. The number of hydrogen-bond acceptors (Lipinski definition) is 15. The Labute approximate surface area is 517 Å². The molecule has 0 bridgehead atoms. The van der Waals surface area contributed by atoms with Crippen LogP contribution in [0.1, 0.15) is 336 Å². The zero-order chi connectivity index (χ0) is 62.8. The lowest BCUT2D eigenvalue weighted by molar-refractivity contribution is -0.161. The predicted molar refractivity (Wildman–Crippen MR) is 340 cm³/mol. The monoisotopic (exact) mass is 1250 g/mol. The Morgan fingerprint density at radius 1 is 0.329 bits per heavy atom. The van der Waals surface area contributed by atoms with Gasteiger partial charge < -0.3 is 33.8 Å². The third-order valence-corrected chi connectivity index (χ3v) is 17.5. The van der Waals surface area contributed by atoms with Gasteiger partial charge in [0.2, 0.25) is 0 Å². The summed E-state index contributed by atoms with van der Waals surface area (Å²) in [4.78, 5) is 72.3. The number of aliphatic hydroxyl groups excluding tert-OH is 1. The third-order valence-electron chi connectivity index (χ3n) is 15.6. The van der Waals surface area contributed by atoms with Crippen LogP contribution in [0.15, 0.2) is 0 Å². The quantitative estimate of drug-likeness (QED) is 0.0222. The fourth-order valence-electron chi connectivity index (χ4n) is 9.90. The molecule has 0 amide bonds. The maximum absolute atomic E-state index is 13.0. The van der Waals surface area contributed by atoms with E-state index in [1.54, 1.807) is 0 Å². The lowest BCUT2D eigenvalue weighted by Gasteiger charge is -2.21. The number of carbonyl (C=O) groups is 4. The first-order chi connectivity index (χ1) is 41.1. The molecule has 85 heavy (non-hydrogen) atoms. The average molecular weight is 1260 g/mol. The highest BCUT2D eigenvalue weighted by atomic mass is 31.2. The molecule has 0 aliphatic carbocycles. The molecule has 0 radical (unpaired) electrons. The summed E-state index contributed by atoms with van der Waals surface area (Å²) in [5, 5.41) is 10.6. The van der Waals surface area contributed by atoms with Crippen molar-refractivity contribution in [3.05, 3.63) is 0 Å². The fraction of sp³-hybridized carbons (Fsp3) is 0.939. The van der Waals surface area contributed by atoms with Gasteiger partial charge in [-0.25, -0.2) is 9.13 Å². The molecule has 0 rings (SSSR count). The average Bonchev–Trinajstić information content (AvgIpc) is 3.52. The van der Waals surface area contributed by atoms with Crippen LogP contribution >= 0.6 is 15.6 Å². The molecule has 17 nitrogen and oxygen atoms in total. The number of phosphoric acid groups is 2. The zero-order valence-corrected chi connectivity index (χ0v) is 56.5. The van der Waals surface area contributed by atoms with Crippen molar-refractivity contribution in [2.45, 2.75) is 355 Å². The van der Waals surface area contributed by atoms with E-state index in [0.717, 1.165) is 95.8 Å². The van der Waals surface area contributed by atoms with Gasteiger partial charge >= 0.3 is 39.5 Å². The summed E-state index contributed by atoms with van der Waals surface area (Å²) in [7, 11) is -9.89. The molecule has 6 atom stereocenters. The van der Waals surface area contributed by atoms with Crippen LogP contribution in [0.5, 0.6) is 0 Å². The standard InChI is InChI=1S/C66H128O17P2/c1-6-10-13-16-19-22-25-27-29-32-35-41-46-51-65(70)82-61(55-76-64(69)50-45-40-34-31-28-26-23-20-17-14-11-7-2)57-80-84(72,73)78-53-60(67)54-79-85(74,75)81-58-62(83-66(71)52-47-42-37-36-38-43-48-59(5)9-4)56-77-63(68)49-44-39-33-30-24-21-18-15-12-8-3/h59-62,67H,6-58H2,1-5H3,(H,72,73)(H,74,75)/t59?,60-,61-,62-/m1/s1. The molecule has 0 spiro atoms. The molecule has 0 saturated heterocycles. The molecule has 0 aromatic rings. The van der Waals surface area contributed by atoms with Crippen molar-refractivity contribution in [1.29, 1.82) is 0 Å². The zero-order valence-electron chi connectivity index (χ0n) is 54.7. The first-order valence-electron chi connectivity index (χ1n) is 34.7. The molecular formula is C66H128O17P2. The Balaban J connectivity index is 5.24. The molecule has 0 aromatic carbocycles. The molecule has 3 unspecified atom stereocenters. The van der Waals surface area contributed by atoms with Gasteiger partial charge in [-0.15, -0.1) is 0 Å². The highest BCUT2D eigenvalue weighted by Crippen LogP contribution is 2.45. The summed E-state index contributed by atoms with van der Waals surface area (Å²) in [6, 6.07) is 0. The van der Waals surface area contributed by atoms with Crippen LogP contribution in [0.25, 0.3) is 0 Å². The van der Waals surface area contributed by atoms with Crippen LogP contribution in [0.3, 0.4) is 0 Å². The molecule has 19 heteroatoms. The van der Waals surface area contributed by atoms with E-state index >= 15 is 0 Å². The predicted octanol–water partition coefficient (Wildman–Crippen LogP) is 18.6. The fourth-order valence-corrected chi connectivity index (χ4v) is 11.5. The normalized spacial score (nSPS) is 14.5. The van der Waals surface area contributed by atoms with E-state index in [0.29, 0.717) is 25.7 Å². The van der Waals surface area contributed by atoms with Crippen LogP contribution in [0, 0.1) is 5.92 Å². The Bertz CT molecular complexity index is 1650. The molecule has 0 fully saturated rings. The van der Waals surface area contributed by atoms with E-state index < -0.39 is 97.5 Å². The number of rotatable bonds is 66. The van der Waals surface area contributed by atoms with Crippen molar-refractivity contribution in [3.8, 4) is 0 Å². The van der Waals surface area contributed by atoms with Gasteiger partial charge in [-0.2, -0.15) is 0 Å². The second kappa shape index (κ2) is 59.7. The number of carbonyl (C=O) groups excluding carboxylic acids is 4. The molecule has 0 aliphatic heterocycles. The summed E-state index contributed by atoms with van der Waals surface area (Å²) in [6.45, 7) is 7.16. The number of unbranched alkanes of at least 4 members (excludes halogenated alkanes) is 37. The molecular weight excluding hydrogens is 1130 g/mol. The highest BCUT2D eigenvalue weighted by Gasteiger charge is 2.30. The Hall–Kier alpha value is -1.94. The van der Waals surface area contributed by atoms with Crippen molar-refractivity contribution < 1.29 is 80.2 Å². The van der Waals surface area contributed by atoms with E-state index in [2.05, 4.69) is 34.6 Å². The van der Waals surface area contributed by atoms with Crippen molar-refractivity contribution in [3.63, 3.8) is 0 Å². The molecule has 0 saturated carbocycles. The minimum Gasteiger partial charge on any atom is -0.462 e. The second-order valence-electron chi connectivity index (χ2n) is 24.1. The van der Waals surface area contributed by atoms with E-state index in [1.807, 2.05) is 0 Å². The third kappa shape index (κ3) is 59.5. The van der Waals surface area contributed by atoms with Crippen molar-refractivity contribution in [2.24, 2.45) is 5.92 Å². The van der Waals surface area contributed by atoms with Crippen LogP contribution in [-0.2, 0) is 65.4 Å². The Kier molecular flexibility index (Phi) is 58.3. The van der Waals surface area contributed by atoms with E-state index in [1.165, 1.54) is 161 Å². The van der Waals surface area contributed by atoms with Gasteiger partial charge in [0.25, 0.3) is 0 Å². The maximum atomic E-state index is 13.0. The van der Waals surface area contributed by atoms with Crippen LogP contribution < -0.4 is 0 Å². The first kappa shape index (κ1) is 83.1. The summed E-state index contributed by atoms with van der Waals surface area (Å²) >= 11 is 0. The summed E-state index contributed by atoms with van der Waals surface area (Å²) in [6.07, 6.45) is 44.3. The number of ether oxygens (including phenoxy) is 4. The lowest BCUT2D eigenvalue weighted by atomic mass is 10.00. The van der Waals surface area contributed by atoms with Crippen LogP contribution in [0.2, 0.25) is 0 Å². The van der Waals surface area contributed by atoms with Crippen LogP contribution in [0.4, 0.5) is 0 Å². The molecule has 3 N–H and O–H groups in total. The largest absolute Gasteiger partial charge is 0.472 e. The SMILES string of the molecule is CCCCCCCCCCCCCCCC(=O)O[C@H](COC(=O)CCCCCCCCCCCCCC)COP(=O)(O)OC[C@@H](O)COP(=O)(O)OC[C@@H](COC(=O)CCCCCCCCCCCC)OC(=O)CCCCCCCCC(C)CC. The summed E-state index contributed by atoms with van der Waals surface area (Å²) < 4.78 is 68.1. The molecule has 0 aliphatic rings. The van der Waals surface area contributed by atoms with E-state index in [4.69, 9.17) is 37.0 Å². The molecule has 0 heterocycles. The van der Waals surface area contributed by atoms with E-state index in [-0.39, 0.29) is 25.7 Å². The number of phosphoric ester groups is 2. The Morgan fingerprint density at radius 3 is 0.835 bits per heavy atom. The van der Waals surface area contributed by atoms with Gasteiger partial charge in [-0.1, -0.05) is 285 Å². The summed E-state index contributed by atoms with van der Waals surface area (Å²) in [5.41, 5.74) is 0. The lowest BCUT2D eigenvalue weighted by Crippen LogP contribution is -2.30. The maximum Gasteiger partial charge on any atom is 0.472 e. The van der Waals surface area contributed by atoms with Crippen molar-refractivity contribution >= 4 is 39.5 Å². The molecule has 504 valence electrons. The van der Waals surface area contributed by atoms with Crippen LogP contribution in [-0.4, -0.2) is 96.7 Å². The van der Waals surface area contributed by atoms with Crippen molar-refractivity contribution in [1.82, 2.24) is 0 Å². The van der Waals surface area contributed by atoms with E-state index in [9.17, 15) is 43.2 Å². The minimum absolute atomic E-state index is 0.103. The number of esters is 4. The van der Waals surface area contributed by atoms with Gasteiger partial charge in [0.05, 0.1) is 26.4 Å². The highest BCUT2D eigenvalue weighted by molar-refractivity contribution is 7.47. The first-order valence-corrected chi connectivity index (χ1v) is 37.7. The van der Waals surface area contributed by atoms with Gasteiger partial charge in [0, 0.05) is 25.7 Å². The minimum atomic E-state index is -4.95. The van der Waals surface area contributed by atoms with Gasteiger partial charge in [0.1, 0.15) is 19.3 Å². The number of aliphatic hydroxyl groups is 1.